The van der Waals surface area contributed by atoms with Gasteiger partial charge in [0.05, 0.1) is 7.11 Å². The molecule has 1 heterocycles. The molecule has 0 radical (unpaired) electrons. The lowest BCUT2D eigenvalue weighted by molar-refractivity contribution is 0.0701. The van der Waals surface area contributed by atoms with Crippen molar-refractivity contribution in [2.45, 2.75) is 37.3 Å². The van der Waals surface area contributed by atoms with Gasteiger partial charge in [-0.2, -0.15) is 0 Å². The Morgan fingerprint density at radius 2 is 2.21 bits per heavy atom. The first kappa shape index (κ1) is 12.9. The van der Waals surface area contributed by atoms with Crippen LogP contribution in [0.1, 0.15) is 24.5 Å². The van der Waals surface area contributed by atoms with Crippen LogP contribution in [0.4, 0.5) is 0 Å². The molecule has 3 unspecified atom stereocenters. The van der Waals surface area contributed by atoms with Crippen LogP contribution in [0.3, 0.4) is 0 Å². The Morgan fingerprint density at radius 3 is 2.89 bits per heavy atom. The number of likely N-dealkylation sites (N-methyl/N-ethyl adjacent to an activating group) is 2. The van der Waals surface area contributed by atoms with Gasteiger partial charge in [-0.05, 0) is 56.7 Å². The predicted molar refractivity (Wildman–Crippen MR) is 77.9 cm³/mol. The van der Waals surface area contributed by atoms with E-state index in [1.807, 2.05) is 0 Å². The normalized spacial score (nSPS) is 33.9. The van der Waals surface area contributed by atoms with Gasteiger partial charge in [-0.25, -0.2) is 0 Å². The monoisotopic (exact) mass is 260 g/mol. The van der Waals surface area contributed by atoms with Gasteiger partial charge in [-0.3, -0.25) is 0 Å². The topological polar surface area (TPSA) is 24.5 Å². The van der Waals surface area contributed by atoms with E-state index in [9.17, 15) is 0 Å². The van der Waals surface area contributed by atoms with Crippen molar-refractivity contribution in [3.05, 3.63) is 29.3 Å². The molecule has 1 N–H and O–H groups in total. The third kappa shape index (κ3) is 1.79. The van der Waals surface area contributed by atoms with Crippen molar-refractivity contribution in [2.75, 3.05) is 27.7 Å². The number of hydrogen-bond acceptors (Lipinski definition) is 3. The van der Waals surface area contributed by atoms with E-state index >= 15 is 0 Å². The first-order valence-electron chi connectivity index (χ1n) is 7.15. The highest BCUT2D eigenvalue weighted by atomic mass is 16.5. The Hall–Kier alpha value is -1.06. The average Bonchev–Trinajstić information content (AvgIpc) is 2.43. The van der Waals surface area contributed by atoms with Crippen LogP contribution in [0.15, 0.2) is 18.2 Å². The molecule has 104 valence electrons. The van der Waals surface area contributed by atoms with E-state index in [0.29, 0.717) is 12.1 Å². The second-order valence-electron chi connectivity index (χ2n) is 6.21. The van der Waals surface area contributed by atoms with E-state index in [1.165, 1.54) is 24.1 Å². The van der Waals surface area contributed by atoms with E-state index in [0.717, 1.165) is 12.2 Å². The molecular formula is C16H24N2O. The number of nitrogens with zero attached hydrogens (tertiary/aromatic N) is 1. The molecule has 2 aliphatic rings. The molecular weight excluding hydrogens is 236 g/mol. The van der Waals surface area contributed by atoms with Crippen LogP contribution in [-0.2, 0) is 11.8 Å². The molecule has 0 amide bonds. The number of ether oxygens (including phenoxy) is 1. The van der Waals surface area contributed by atoms with Gasteiger partial charge in [0.15, 0.2) is 0 Å². The Labute approximate surface area is 115 Å². The van der Waals surface area contributed by atoms with Crippen LogP contribution < -0.4 is 10.1 Å². The summed E-state index contributed by atoms with van der Waals surface area (Å²) >= 11 is 0. The molecule has 1 fully saturated rings. The van der Waals surface area contributed by atoms with Crippen LogP contribution in [0.5, 0.6) is 5.75 Å². The minimum absolute atomic E-state index is 0.216. The fourth-order valence-electron chi connectivity index (χ4n) is 4.11. The number of hydrogen-bond donors (Lipinski definition) is 1. The molecule has 1 aromatic rings. The lowest BCUT2D eigenvalue weighted by Gasteiger charge is -2.54. The van der Waals surface area contributed by atoms with Gasteiger partial charge in [-0.15, -0.1) is 0 Å². The first-order valence-corrected chi connectivity index (χ1v) is 7.15. The smallest absolute Gasteiger partial charge is 0.119 e. The lowest BCUT2D eigenvalue weighted by atomic mass is 9.62. The molecule has 1 aliphatic heterocycles. The van der Waals surface area contributed by atoms with Crippen LogP contribution >= 0.6 is 0 Å². The summed E-state index contributed by atoms with van der Waals surface area (Å²) in [7, 11) is 6.10. The maximum Gasteiger partial charge on any atom is 0.119 e. The molecule has 0 saturated carbocycles. The van der Waals surface area contributed by atoms with E-state index in [1.54, 1.807) is 7.11 Å². The van der Waals surface area contributed by atoms with Crippen molar-refractivity contribution < 1.29 is 4.74 Å². The molecule has 0 spiro atoms. The summed E-state index contributed by atoms with van der Waals surface area (Å²) < 4.78 is 5.42. The molecule has 3 heteroatoms. The van der Waals surface area contributed by atoms with Gasteiger partial charge >= 0.3 is 0 Å². The summed E-state index contributed by atoms with van der Waals surface area (Å²) in [5, 5.41) is 3.57. The SMILES string of the molecule is CNC1C2Cc3ccc(OC)cc3C1(C)CCN2C. The zero-order chi connectivity index (χ0) is 13.6. The second kappa shape index (κ2) is 4.50. The Balaban J connectivity index is 2.13. The van der Waals surface area contributed by atoms with Crippen LogP contribution in [0.2, 0.25) is 0 Å². The fraction of sp³-hybridized carbons (Fsp3) is 0.625. The molecule has 3 nitrogen and oxygen atoms in total. The fourth-order valence-corrected chi connectivity index (χ4v) is 4.11. The minimum Gasteiger partial charge on any atom is -0.497 e. The highest BCUT2D eigenvalue weighted by Crippen LogP contribution is 2.45. The Bertz CT molecular complexity index is 488. The molecule has 1 aliphatic carbocycles. The highest BCUT2D eigenvalue weighted by molar-refractivity contribution is 5.45. The van der Waals surface area contributed by atoms with Crippen molar-refractivity contribution in [2.24, 2.45) is 0 Å². The number of rotatable bonds is 2. The summed E-state index contributed by atoms with van der Waals surface area (Å²) in [5.74, 6) is 0.979. The highest BCUT2D eigenvalue weighted by Gasteiger charge is 2.49. The van der Waals surface area contributed by atoms with E-state index in [4.69, 9.17) is 4.74 Å². The standard InChI is InChI=1S/C16H24N2O/c1-16-7-8-18(3)14(15(16)17-2)9-11-5-6-12(19-4)10-13(11)16/h5-6,10,14-15,17H,7-9H2,1-4H3. The van der Waals surface area contributed by atoms with Crippen molar-refractivity contribution in [3.63, 3.8) is 0 Å². The van der Waals surface area contributed by atoms with Gasteiger partial charge in [0, 0.05) is 17.5 Å². The van der Waals surface area contributed by atoms with Crippen LogP contribution in [0, 0.1) is 0 Å². The summed E-state index contributed by atoms with van der Waals surface area (Å²) in [5.41, 5.74) is 3.19. The molecule has 2 bridgehead atoms. The van der Waals surface area contributed by atoms with Crippen molar-refractivity contribution in [1.82, 2.24) is 10.2 Å². The largest absolute Gasteiger partial charge is 0.497 e. The van der Waals surface area contributed by atoms with E-state index in [-0.39, 0.29) is 5.41 Å². The van der Waals surface area contributed by atoms with Gasteiger partial charge in [0.1, 0.15) is 5.75 Å². The minimum atomic E-state index is 0.216. The van der Waals surface area contributed by atoms with Gasteiger partial charge < -0.3 is 15.0 Å². The number of nitrogens with one attached hydrogen (secondary N) is 1. The summed E-state index contributed by atoms with van der Waals surface area (Å²) in [6, 6.07) is 7.72. The summed E-state index contributed by atoms with van der Waals surface area (Å²) in [6.07, 6.45) is 2.34. The molecule has 1 saturated heterocycles. The second-order valence-corrected chi connectivity index (χ2v) is 6.21. The van der Waals surface area contributed by atoms with Crippen LogP contribution in [-0.4, -0.2) is 44.7 Å². The average molecular weight is 260 g/mol. The Morgan fingerprint density at radius 1 is 1.42 bits per heavy atom. The molecule has 3 rings (SSSR count). The number of piperidine rings is 1. The lowest BCUT2D eigenvalue weighted by Crippen LogP contribution is -2.65. The van der Waals surface area contributed by atoms with Crippen molar-refractivity contribution in [3.8, 4) is 5.75 Å². The zero-order valence-corrected chi connectivity index (χ0v) is 12.4. The van der Waals surface area contributed by atoms with Crippen LogP contribution in [0.25, 0.3) is 0 Å². The first-order chi connectivity index (χ1) is 9.10. The third-order valence-electron chi connectivity index (χ3n) is 5.29. The van der Waals surface area contributed by atoms with Gasteiger partial charge in [0.25, 0.3) is 0 Å². The van der Waals surface area contributed by atoms with Crippen molar-refractivity contribution in [1.29, 1.82) is 0 Å². The quantitative estimate of drug-likeness (QED) is 0.877. The van der Waals surface area contributed by atoms with Gasteiger partial charge in [-0.1, -0.05) is 13.0 Å². The summed E-state index contributed by atoms with van der Waals surface area (Å²) in [4.78, 5) is 2.51. The number of likely N-dealkylation sites (tertiary alicyclic amines) is 1. The van der Waals surface area contributed by atoms with Gasteiger partial charge in [0.2, 0.25) is 0 Å². The zero-order valence-electron chi connectivity index (χ0n) is 12.4. The molecule has 1 aromatic carbocycles. The number of methoxy groups -OCH3 is 1. The number of benzene rings is 1. The molecule has 19 heavy (non-hydrogen) atoms. The molecule has 3 atom stereocenters. The van der Waals surface area contributed by atoms with E-state index < -0.39 is 0 Å². The third-order valence-corrected chi connectivity index (χ3v) is 5.29. The Kier molecular flexibility index (Phi) is 3.06. The predicted octanol–water partition coefficient (Wildman–Crippen LogP) is 1.80. The molecule has 0 aromatic heterocycles. The summed E-state index contributed by atoms with van der Waals surface area (Å²) in [6.45, 7) is 3.58. The number of fused-ring (bicyclic) bond motifs is 4. The van der Waals surface area contributed by atoms with E-state index in [2.05, 4.69) is 49.4 Å². The maximum atomic E-state index is 5.42. The maximum absolute atomic E-state index is 5.42. The van der Waals surface area contributed by atoms with Crippen molar-refractivity contribution >= 4 is 0 Å².